The van der Waals surface area contributed by atoms with Crippen LogP contribution < -0.4 is 9.64 Å². The summed E-state index contributed by atoms with van der Waals surface area (Å²) in [6.45, 7) is 3.75. The van der Waals surface area contributed by atoms with Crippen LogP contribution in [0.2, 0.25) is 0 Å². The lowest BCUT2D eigenvalue weighted by molar-refractivity contribution is -0.126. The monoisotopic (exact) mass is 377 g/mol. The van der Waals surface area contributed by atoms with E-state index in [0.717, 1.165) is 25.1 Å². The molecule has 2 aromatic carbocycles. The Balaban J connectivity index is 1.57. The molecule has 3 heterocycles. The largest absolute Gasteiger partial charge is 0.497 e. The van der Waals surface area contributed by atoms with Crippen molar-refractivity contribution < 1.29 is 14.3 Å². The van der Waals surface area contributed by atoms with Gasteiger partial charge in [-0.3, -0.25) is 9.59 Å². The van der Waals surface area contributed by atoms with Crippen molar-refractivity contribution in [1.82, 2.24) is 10.0 Å². The summed E-state index contributed by atoms with van der Waals surface area (Å²) in [6, 6.07) is 15.0. The molecule has 0 unspecified atom stereocenters. The standard InChI is InChI=1S/C22H23N3O3/c1-14-7-9-15(10-8-14)19-18-20(24-12-4-11-23(19)24)22(27)25(21(18)26)16-5-3-6-17(13-16)28-2/h3,5-10,13,18-20H,4,11-12H2,1-2H3/t18-,19+,20+/m0/s1. The SMILES string of the molecule is COc1cccc(N2C(=O)[C@H]3[C@@H](c4ccc(C)cc4)N4CCCN4[C@H]3C2=O)c1. The molecule has 0 radical (unpaired) electrons. The van der Waals surface area contributed by atoms with Crippen LogP contribution in [0.15, 0.2) is 48.5 Å². The van der Waals surface area contributed by atoms with Crippen LogP contribution in [0.5, 0.6) is 5.75 Å². The van der Waals surface area contributed by atoms with Crippen molar-refractivity contribution in [1.29, 1.82) is 0 Å². The first-order valence-corrected chi connectivity index (χ1v) is 9.72. The Morgan fingerprint density at radius 2 is 1.64 bits per heavy atom. The molecule has 3 fully saturated rings. The van der Waals surface area contributed by atoms with Gasteiger partial charge in [-0.2, -0.15) is 0 Å². The minimum atomic E-state index is -0.424. The third kappa shape index (κ3) is 2.41. The number of hydrazine groups is 1. The van der Waals surface area contributed by atoms with Gasteiger partial charge in [-0.05, 0) is 31.0 Å². The predicted octanol–water partition coefficient (Wildman–Crippen LogP) is 2.54. The molecule has 3 saturated heterocycles. The molecule has 0 saturated carbocycles. The number of fused-ring (bicyclic) bond motifs is 3. The molecule has 3 aliphatic rings. The third-order valence-electron chi connectivity index (χ3n) is 6.14. The zero-order chi connectivity index (χ0) is 19.4. The van der Waals surface area contributed by atoms with E-state index >= 15 is 0 Å². The number of carbonyl (C=O) groups excluding carboxylic acids is 2. The van der Waals surface area contributed by atoms with E-state index in [9.17, 15) is 9.59 Å². The van der Waals surface area contributed by atoms with Gasteiger partial charge in [0.1, 0.15) is 11.8 Å². The number of hydrogen-bond donors (Lipinski definition) is 0. The Labute approximate surface area is 164 Å². The quantitative estimate of drug-likeness (QED) is 0.770. The average molecular weight is 377 g/mol. The second kappa shape index (κ2) is 6.43. The maximum atomic E-state index is 13.5. The Kier molecular flexibility index (Phi) is 4.00. The molecule has 6 nitrogen and oxygen atoms in total. The number of ether oxygens (including phenoxy) is 1. The van der Waals surface area contributed by atoms with E-state index in [4.69, 9.17) is 4.74 Å². The Morgan fingerprint density at radius 3 is 2.36 bits per heavy atom. The van der Waals surface area contributed by atoms with Gasteiger partial charge in [0.25, 0.3) is 5.91 Å². The van der Waals surface area contributed by atoms with E-state index in [1.165, 1.54) is 10.5 Å². The predicted molar refractivity (Wildman–Crippen MR) is 105 cm³/mol. The van der Waals surface area contributed by atoms with Gasteiger partial charge < -0.3 is 4.74 Å². The van der Waals surface area contributed by atoms with Crippen molar-refractivity contribution in [3.05, 3.63) is 59.7 Å². The number of rotatable bonds is 3. The van der Waals surface area contributed by atoms with Gasteiger partial charge in [0, 0.05) is 19.2 Å². The first-order valence-electron chi connectivity index (χ1n) is 9.72. The van der Waals surface area contributed by atoms with Crippen LogP contribution in [0.4, 0.5) is 5.69 Å². The van der Waals surface area contributed by atoms with E-state index in [0.29, 0.717) is 11.4 Å². The van der Waals surface area contributed by atoms with Crippen LogP contribution in [0.3, 0.4) is 0 Å². The first-order chi connectivity index (χ1) is 13.6. The molecule has 3 atom stereocenters. The molecule has 0 spiro atoms. The minimum Gasteiger partial charge on any atom is -0.497 e. The van der Waals surface area contributed by atoms with Crippen LogP contribution in [-0.4, -0.2) is 48.1 Å². The highest BCUT2D eigenvalue weighted by atomic mass is 16.5. The topological polar surface area (TPSA) is 53.1 Å². The highest BCUT2D eigenvalue weighted by Crippen LogP contribution is 2.49. The zero-order valence-corrected chi connectivity index (χ0v) is 16.0. The molecule has 3 aliphatic heterocycles. The molecule has 0 aromatic heterocycles. The first kappa shape index (κ1) is 17.4. The Hall–Kier alpha value is -2.70. The number of carbonyl (C=O) groups is 2. The van der Waals surface area contributed by atoms with Gasteiger partial charge in [-0.15, -0.1) is 0 Å². The van der Waals surface area contributed by atoms with E-state index < -0.39 is 6.04 Å². The fourth-order valence-electron chi connectivity index (χ4n) is 4.88. The molecule has 0 N–H and O–H groups in total. The number of nitrogens with zero attached hydrogens (tertiary/aromatic N) is 3. The molecule has 2 aromatic rings. The lowest BCUT2D eigenvalue weighted by Crippen LogP contribution is -2.44. The van der Waals surface area contributed by atoms with Crippen LogP contribution in [0.25, 0.3) is 0 Å². The summed E-state index contributed by atoms with van der Waals surface area (Å²) < 4.78 is 5.28. The number of methoxy groups -OCH3 is 1. The van der Waals surface area contributed by atoms with Gasteiger partial charge >= 0.3 is 0 Å². The van der Waals surface area contributed by atoms with Crippen molar-refractivity contribution in [2.45, 2.75) is 25.4 Å². The van der Waals surface area contributed by atoms with Crippen molar-refractivity contribution in [3.8, 4) is 5.75 Å². The molecule has 144 valence electrons. The van der Waals surface area contributed by atoms with Crippen molar-refractivity contribution in [2.75, 3.05) is 25.1 Å². The molecule has 0 aliphatic carbocycles. The zero-order valence-electron chi connectivity index (χ0n) is 16.0. The van der Waals surface area contributed by atoms with Crippen molar-refractivity contribution in [2.24, 2.45) is 5.92 Å². The maximum Gasteiger partial charge on any atom is 0.253 e. The second-order valence-corrected chi connectivity index (χ2v) is 7.72. The van der Waals surface area contributed by atoms with Gasteiger partial charge in [0.2, 0.25) is 5.91 Å². The van der Waals surface area contributed by atoms with Gasteiger partial charge in [0.15, 0.2) is 0 Å². The second-order valence-electron chi connectivity index (χ2n) is 7.72. The summed E-state index contributed by atoms with van der Waals surface area (Å²) in [6.07, 6.45) is 1.01. The molecule has 28 heavy (non-hydrogen) atoms. The average Bonchev–Trinajstić information content (AvgIpc) is 3.35. The smallest absolute Gasteiger partial charge is 0.253 e. The normalized spacial score (nSPS) is 27.4. The third-order valence-corrected chi connectivity index (χ3v) is 6.14. The number of imide groups is 1. The highest BCUT2D eigenvalue weighted by Gasteiger charge is 2.62. The minimum absolute atomic E-state index is 0.0971. The highest BCUT2D eigenvalue weighted by molar-refractivity contribution is 6.24. The van der Waals surface area contributed by atoms with E-state index in [2.05, 4.69) is 41.2 Å². The Morgan fingerprint density at radius 1 is 0.929 bits per heavy atom. The number of hydrogen-bond acceptors (Lipinski definition) is 5. The van der Waals surface area contributed by atoms with Crippen LogP contribution in [0, 0.1) is 12.8 Å². The van der Waals surface area contributed by atoms with Crippen LogP contribution in [0.1, 0.15) is 23.6 Å². The van der Waals surface area contributed by atoms with Crippen molar-refractivity contribution in [3.63, 3.8) is 0 Å². The molecular weight excluding hydrogens is 354 g/mol. The number of aryl methyl sites for hydroxylation is 1. The van der Waals surface area contributed by atoms with Gasteiger partial charge in [0.05, 0.1) is 24.8 Å². The van der Waals surface area contributed by atoms with Gasteiger partial charge in [-0.1, -0.05) is 35.9 Å². The van der Waals surface area contributed by atoms with E-state index in [-0.39, 0.29) is 23.8 Å². The fraction of sp³-hybridized carbons (Fsp3) is 0.364. The van der Waals surface area contributed by atoms with Gasteiger partial charge in [-0.25, -0.2) is 14.9 Å². The van der Waals surface area contributed by atoms with E-state index in [1.807, 2.05) is 12.1 Å². The number of amides is 2. The van der Waals surface area contributed by atoms with E-state index in [1.54, 1.807) is 19.2 Å². The Bertz CT molecular complexity index is 942. The number of anilines is 1. The molecule has 6 heteroatoms. The number of benzene rings is 2. The summed E-state index contributed by atoms with van der Waals surface area (Å²) >= 11 is 0. The molecule has 0 bridgehead atoms. The molecule has 2 amide bonds. The lowest BCUT2D eigenvalue weighted by atomic mass is 9.89. The van der Waals surface area contributed by atoms with Crippen LogP contribution in [-0.2, 0) is 9.59 Å². The summed E-state index contributed by atoms with van der Waals surface area (Å²) in [5.41, 5.74) is 2.86. The van der Waals surface area contributed by atoms with Crippen molar-refractivity contribution >= 4 is 17.5 Å². The maximum absolute atomic E-state index is 13.5. The summed E-state index contributed by atoms with van der Waals surface area (Å²) in [4.78, 5) is 28.2. The summed E-state index contributed by atoms with van der Waals surface area (Å²) in [5, 5.41) is 4.36. The molecular formula is C22H23N3O3. The fourth-order valence-corrected chi connectivity index (χ4v) is 4.88. The summed E-state index contributed by atoms with van der Waals surface area (Å²) in [5.74, 6) is -0.0113. The van der Waals surface area contributed by atoms with Crippen LogP contribution >= 0.6 is 0 Å². The molecule has 5 rings (SSSR count). The lowest BCUT2D eigenvalue weighted by Gasteiger charge is -2.29. The summed E-state index contributed by atoms with van der Waals surface area (Å²) in [7, 11) is 1.58.